The minimum atomic E-state index is 0.0574. The lowest BCUT2D eigenvalue weighted by atomic mass is 9.98. The van der Waals surface area contributed by atoms with Gasteiger partial charge in [-0.1, -0.05) is 49.1 Å². The summed E-state index contributed by atoms with van der Waals surface area (Å²) in [4.78, 5) is 2.44. The van der Waals surface area contributed by atoms with Crippen molar-refractivity contribution in [1.82, 2.24) is 4.90 Å². The van der Waals surface area contributed by atoms with Gasteiger partial charge < -0.3 is 0 Å². The van der Waals surface area contributed by atoms with E-state index in [4.69, 9.17) is 0 Å². The van der Waals surface area contributed by atoms with Crippen molar-refractivity contribution in [2.45, 2.75) is 44.2 Å². The van der Waals surface area contributed by atoms with Crippen molar-refractivity contribution < 1.29 is 0 Å². The van der Waals surface area contributed by atoms with Crippen LogP contribution in [0.25, 0.3) is 11.1 Å². The highest BCUT2D eigenvalue weighted by Gasteiger charge is 2.06. The molecule has 162 valence electrons. The average molecular weight is 466 g/mol. The van der Waals surface area contributed by atoms with Gasteiger partial charge in [0.2, 0.25) is 0 Å². The molecule has 2 aromatic heterocycles. The fourth-order valence-corrected chi connectivity index (χ4v) is 5.63. The SMILES string of the molecule is CCN(CC=CC#CC(C)(C)C)Cc1cccc(CSc2cc(-c3ccsc3)cs2)c1. The van der Waals surface area contributed by atoms with Crippen molar-refractivity contribution in [3.8, 4) is 23.0 Å². The molecular formula is C27H31NS3. The molecule has 0 aliphatic rings. The maximum Gasteiger partial charge on any atom is 0.0608 e. The largest absolute Gasteiger partial charge is 0.296 e. The van der Waals surface area contributed by atoms with E-state index in [1.807, 2.05) is 29.2 Å². The second-order valence-corrected chi connectivity index (χ2v) is 11.5. The van der Waals surface area contributed by atoms with Crippen LogP contribution in [0.2, 0.25) is 0 Å². The number of nitrogens with zero attached hydrogens (tertiary/aromatic N) is 1. The van der Waals surface area contributed by atoms with E-state index in [-0.39, 0.29) is 5.41 Å². The molecule has 0 bridgehead atoms. The number of benzene rings is 1. The number of thiophene rings is 2. The van der Waals surface area contributed by atoms with Crippen LogP contribution in [0.4, 0.5) is 0 Å². The molecule has 0 saturated heterocycles. The molecule has 0 radical (unpaired) electrons. The molecule has 0 fully saturated rings. The number of hydrogen-bond acceptors (Lipinski definition) is 4. The number of rotatable bonds is 9. The van der Waals surface area contributed by atoms with Gasteiger partial charge in [-0.3, -0.25) is 4.90 Å². The third-order valence-electron chi connectivity index (χ3n) is 4.67. The Morgan fingerprint density at radius 2 is 1.90 bits per heavy atom. The summed E-state index contributed by atoms with van der Waals surface area (Å²) in [7, 11) is 0. The third kappa shape index (κ3) is 8.35. The minimum Gasteiger partial charge on any atom is -0.296 e. The molecule has 0 spiro atoms. The van der Waals surface area contributed by atoms with Crippen LogP contribution in [0, 0.1) is 17.3 Å². The maximum absolute atomic E-state index is 3.25. The van der Waals surface area contributed by atoms with Gasteiger partial charge in [0.25, 0.3) is 0 Å². The fourth-order valence-electron chi connectivity index (χ4n) is 3.03. The molecule has 31 heavy (non-hydrogen) atoms. The lowest BCUT2D eigenvalue weighted by Gasteiger charge is -2.18. The van der Waals surface area contributed by atoms with Gasteiger partial charge in [-0.05, 0) is 83.9 Å². The summed E-state index contributed by atoms with van der Waals surface area (Å²) in [5.41, 5.74) is 5.48. The van der Waals surface area contributed by atoms with Crippen LogP contribution >= 0.6 is 34.4 Å². The standard InChI is InChI=1S/C27H31NS3/c1-5-28(14-8-6-7-13-27(2,3)4)18-22-10-9-11-23(16-22)19-30-26-17-25(21-31-26)24-12-15-29-20-24/h6,8-12,15-17,20-21H,5,14,18-19H2,1-4H3. The summed E-state index contributed by atoms with van der Waals surface area (Å²) in [6.07, 6.45) is 4.16. The van der Waals surface area contributed by atoms with Crippen LogP contribution in [0.1, 0.15) is 38.8 Å². The molecule has 0 aliphatic carbocycles. The van der Waals surface area contributed by atoms with Crippen molar-refractivity contribution in [2.24, 2.45) is 5.41 Å². The Labute approximate surface area is 200 Å². The minimum absolute atomic E-state index is 0.0574. The van der Waals surface area contributed by atoms with Gasteiger partial charge >= 0.3 is 0 Å². The summed E-state index contributed by atoms with van der Waals surface area (Å²) in [6.45, 7) is 11.5. The van der Waals surface area contributed by atoms with E-state index in [1.54, 1.807) is 11.3 Å². The van der Waals surface area contributed by atoms with Crippen LogP contribution in [0.3, 0.4) is 0 Å². The zero-order valence-electron chi connectivity index (χ0n) is 18.9. The van der Waals surface area contributed by atoms with Crippen molar-refractivity contribution >= 4 is 34.4 Å². The first-order valence-electron chi connectivity index (χ1n) is 10.6. The highest BCUT2D eigenvalue weighted by Crippen LogP contribution is 2.34. The van der Waals surface area contributed by atoms with Gasteiger partial charge in [-0.2, -0.15) is 11.3 Å². The maximum atomic E-state index is 3.25. The topological polar surface area (TPSA) is 3.24 Å². The van der Waals surface area contributed by atoms with Crippen molar-refractivity contribution in [2.75, 3.05) is 13.1 Å². The first kappa shape index (κ1) is 23.9. The van der Waals surface area contributed by atoms with E-state index in [0.717, 1.165) is 25.4 Å². The molecule has 0 aliphatic heterocycles. The van der Waals surface area contributed by atoms with E-state index in [9.17, 15) is 0 Å². The molecule has 0 atom stereocenters. The fraction of sp³-hybridized carbons (Fsp3) is 0.333. The van der Waals surface area contributed by atoms with E-state index in [0.29, 0.717) is 0 Å². The number of allylic oxidation sites excluding steroid dienone is 1. The first-order valence-corrected chi connectivity index (χ1v) is 13.5. The quantitative estimate of drug-likeness (QED) is 0.231. The summed E-state index contributed by atoms with van der Waals surface area (Å²) < 4.78 is 1.38. The number of likely N-dealkylation sites (N-methyl/N-ethyl adjacent to an activating group) is 1. The Bertz CT molecular complexity index is 1030. The van der Waals surface area contributed by atoms with Crippen LogP contribution in [-0.4, -0.2) is 18.0 Å². The van der Waals surface area contributed by atoms with E-state index in [1.165, 1.54) is 26.5 Å². The molecule has 0 N–H and O–H groups in total. The Morgan fingerprint density at radius 3 is 2.65 bits per heavy atom. The van der Waals surface area contributed by atoms with Crippen LogP contribution in [0.5, 0.6) is 0 Å². The first-order chi connectivity index (χ1) is 14.9. The Morgan fingerprint density at radius 1 is 1.06 bits per heavy atom. The van der Waals surface area contributed by atoms with Crippen LogP contribution in [0.15, 0.2) is 68.9 Å². The smallest absolute Gasteiger partial charge is 0.0608 e. The molecule has 2 heterocycles. The number of thioether (sulfide) groups is 1. The second kappa shape index (κ2) is 11.7. The van der Waals surface area contributed by atoms with Crippen molar-refractivity contribution in [3.63, 3.8) is 0 Å². The zero-order valence-corrected chi connectivity index (χ0v) is 21.3. The van der Waals surface area contributed by atoms with E-state index >= 15 is 0 Å². The van der Waals surface area contributed by atoms with Crippen LogP contribution in [-0.2, 0) is 12.3 Å². The Balaban J connectivity index is 1.53. The molecule has 0 saturated carbocycles. The highest BCUT2D eigenvalue weighted by molar-refractivity contribution is 8.00. The van der Waals surface area contributed by atoms with Gasteiger partial charge in [0.15, 0.2) is 0 Å². The van der Waals surface area contributed by atoms with E-state index in [2.05, 4.69) is 103 Å². The molecule has 3 rings (SSSR count). The number of hydrogen-bond donors (Lipinski definition) is 0. The van der Waals surface area contributed by atoms with Gasteiger partial charge in [-0.15, -0.1) is 23.1 Å². The van der Waals surface area contributed by atoms with Gasteiger partial charge in [-0.25, -0.2) is 0 Å². The predicted octanol–water partition coefficient (Wildman–Crippen LogP) is 8.20. The third-order valence-corrected chi connectivity index (χ3v) is 7.60. The summed E-state index contributed by atoms with van der Waals surface area (Å²) in [5.74, 6) is 7.42. The normalized spacial score (nSPS) is 11.8. The summed E-state index contributed by atoms with van der Waals surface area (Å²) in [6, 6.07) is 13.5. The van der Waals surface area contributed by atoms with Gasteiger partial charge in [0.05, 0.1) is 4.21 Å². The monoisotopic (exact) mass is 465 g/mol. The summed E-state index contributed by atoms with van der Waals surface area (Å²) >= 11 is 5.52. The molecule has 1 nitrogen and oxygen atoms in total. The molecule has 0 unspecified atom stereocenters. The van der Waals surface area contributed by atoms with Gasteiger partial charge in [0, 0.05) is 24.3 Å². The second-order valence-electron chi connectivity index (χ2n) is 8.52. The summed E-state index contributed by atoms with van der Waals surface area (Å²) in [5, 5.41) is 6.62. The molecule has 3 aromatic rings. The molecule has 1 aromatic carbocycles. The van der Waals surface area contributed by atoms with E-state index < -0.39 is 0 Å². The Kier molecular flexibility index (Phi) is 9.04. The van der Waals surface area contributed by atoms with Gasteiger partial charge in [0.1, 0.15) is 0 Å². The van der Waals surface area contributed by atoms with Crippen LogP contribution < -0.4 is 0 Å². The molecule has 4 heteroatoms. The predicted molar refractivity (Wildman–Crippen MR) is 141 cm³/mol. The highest BCUT2D eigenvalue weighted by atomic mass is 32.2. The average Bonchev–Trinajstić information content (AvgIpc) is 3.42. The lowest BCUT2D eigenvalue weighted by molar-refractivity contribution is 0.311. The lowest BCUT2D eigenvalue weighted by Crippen LogP contribution is -2.22. The zero-order chi connectivity index (χ0) is 22.1. The Hall–Kier alpha value is -1.77. The van der Waals surface area contributed by atoms with Crippen molar-refractivity contribution in [1.29, 1.82) is 0 Å². The van der Waals surface area contributed by atoms with Crippen molar-refractivity contribution in [3.05, 3.63) is 75.8 Å². The molecule has 0 amide bonds. The molecular weight excluding hydrogens is 435 g/mol.